The molecule has 0 radical (unpaired) electrons. The Hall–Kier alpha value is -1.09. The average Bonchev–Trinajstić information content (AvgIpc) is 2.51. The predicted molar refractivity (Wildman–Crippen MR) is 64.6 cm³/mol. The summed E-state index contributed by atoms with van der Waals surface area (Å²) in [5, 5.41) is 7.55. The van der Waals surface area contributed by atoms with Gasteiger partial charge in [-0.25, -0.2) is 0 Å². The van der Waals surface area contributed by atoms with Crippen molar-refractivity contribution in [3.8, 4) is 0 Å². The van der Waals surface area contributed by atoms with Gasteiger partial charge in [0.25, 0.3) is 0 Å². The summed E-state index contributed by atoms with van der Waals surface area (Å²) in [5.41, 5.74) is 2.48. The van der Waals surface area contributed by atoms with Gasteiger partial charge in [0.15, 0.2) is 0 Å². The van der Waals surface area contributed by atoms with Crippen LogP contribution in [-0.4, -0.2) is 22.9 Å². The summed E-state index contributed by atoms with van der Waals surface area (Å²) in [6.45, 7) is 8.58. The molecule has 0 saturated heterocycles. The van der Waals surface area contributed by atoms with Crippen LogP contribution in [0.25, 0.3) is 6.08 Å². The lowest BCUT2D eigenvalue weighted by Crippen LogP contribution is -2.21. The minimum absolute atomic E-state index is 0.703. The highest BCUT2D eigenvalue weighted by atomic mass is 15.2. The molecular formula is C12H21N3. The second kappa shape index (κ2) is 5.71. The molecule has 0 unspecified atom stereocenters. The molecule has 0 aliphatic rings. The highest BCUT2D eigenvalue weighted by Gasteiger charge is 1.96. The standard InChI is InChI=1S/C12H21N3/c1-10(2)8-13-9-11(3)7-12-5-6-14-15(12)4/h5-7,10,13H,8-9H2,1-4H3. The first kappa shape index (κ1) is 12.0. The molecule has 84 valence electrons. The van der Waals surface area contributed by atoms with Crippen LogP contribution >= 0.6 is 0 Å². The molecule has 0 amide bonds. The van der Waals surface area contributed by atoms with Crippen LogP contribution in [0.4, 0.5) is 0 Å². The number of hydrogen-bond acceptors (Lipinski definition) is 2. The van der Waals surface area contributed by atoms with Crippen molar-refractivity contribution < 1.29 is 0 Å². The third kappa shape index (κ3) is 4.30. The van der Waals surface area contributed by atoms with Gasteiger partial charge in [-0.15, -0.1) is 0 Å². The van der Waals surface area contributed by atoms with Crippen LogP contribution in [0.5, 0.6) is 0 Å². The van der Waals surface area contributed by atoms with Gasteiger partial charge in [-0.2, -0.15) is 5.10 Å². The molecule has 3 heteroatoms. The van der Waals surface area contributed by atoms with Gasteiger partial charge in [0.05, 0.1) is 5.69 Å². The molecule has 1 heterocycles. The normalized spacial score (nSPS) is 12.5. The number of nitrogens with one attached hydrogen (secondary N) is 1. The SMILES string of the molecule is CC(=Cc1ccnn1C)CNCC(C)C. The fourth-order valence-electron chi connectivity index (χ4n) is 1.39. The summed E-state index contributed by atoms with van der Waals surface area (Å²) in [6.07, 6.45) is 3.99. The number of rotatable bonds is 5. The van der Waals surface area contributed by atoms with Gasteiger partial charge in [0.2, 0.25) is 0 Å². The van der Waals surface area contributed by atoms with Gasteiger partial charge < -0.3 is 5.32 Å². The Morgan fingerprint density at radius 1 is 1.60 bits per heavy atom. The molecule has 0 spiro atoms. The maximum atomic E-state index is 4.13. The van der Waals surface area contributed by atoms with Crippen molar-refractivity contribution in [3.63, 3.8) is 0 Å². The van der Waals surface area contributed by atoms with Crippen LogP contribution in [0.15, 0.2) is 17.8 Å². The minimum atomic E-state index is 0.703. The predicted octanol–water partition coefficient (Wildman–Crippen LogP) is 2.07. The molecule has 0 aliphatic carbocycles. The van der Waals surface area contributed by atoms with Crippen LogP contribution in [0.3, 0.4) is 0 Å². The summed E-state index contributed by atoms with van der Waals surface area (Å²) >= 11 is 0. The van der Waals surface area contributed by atoms with Gasteiger partial charge in [0.1, 0.15) is 0 Å². The Bertz CT molecular complexity index is 323. The van der Waals surface area contributed by atoms with E-state index in [9.17, 15) is 0 Å². The third-order valence-corrected chi connectivity index (χ3v) is 2.21. The lowest BCUT2D eigenvalue weighted by atomic mass is 10.2. The minimum Gasteiger partial charge on any atom is -0.313 e. The maximum Gasteiger partial charge on any atom is 0.0606 e. The van der Waals surface area contributed by atoms with Crippen molar-refractivity contribution >= 4 is 6.08 Å². The van der Waals surface area contributed by atoms with E-state index in [4.69, 9.17) is 0 Å². The fraction of sp³-hybridized carbons (Fsp3) is 0.583. The van der Waals surface area contributed by atoms with Gasteiger partial charge in [0, 0.05) is 19.8 Å². The van der Waals surface area contributed by atoms with E-state index >= 15 is 0 Å². The zero-order valence-corrected chi connectivity index (χ0v) is 10.1. The first-order valence-electron chi connectivity index (χ1n) is 5.45. The second-order valence-electron chi connectivity index (χ2n) is 4.40. The van der Waals surface area contributed by atoms with Crippen molar-refractivity contribution in [1.82, 2.24) is 15.1 Å². The summed E-state index contributed by atoms with van der Waals surface area (Å²) < 4.78 is 1.88. The summed E-state index contributed by atoms with van der Waals surface area (Å²) in [4.78, 5) is 0. The lowest BCUT2D eigenvalue weighted by molar-refractivity contribution is 0.572. The van der Waals surface area contributed by atoms with Gasteiger partial charge in [-0.3, -0.25) is 4.68 Å². The fourth-order valence-corrected chi connectivity index (χ4v) is 1.39. The Balaban J connectivity index is 2.43. The largest absolute Gasteiger partial charge is 0.313 e. The zero-order chi connectivity index (χ0) is 11.3. The number of aryl methyl sites for hydroxylation is 1. The molecule has 1 N–H and O–H groups in total. The molecule has 1 aromatic heterocycles. The summed E-state index contributed by atoms with van der Waals surface area (Å²) in [5.74, 6) is 0.703. The van der Waals surface area contributed by atoms with Crippen molar-refractivity contribution in [2.24, 2.45) is 13.0 Å². The summed E-state index contributed by atoms with van der Waals surface area (Å²) in [6, 6.07) is 2.02. The number of hydrogen-bond donors (Lipinski definition) is 1. The molecule has 15 heavy (non-hydrogen) atoms. The molecule has 0 aliphatic heterocycles. The van der Waals surface area contributed by atoms with Crippen LogP contribution in [0.1, 0.15) is 26.5 Å². The Kier molecular flexibility index (Phi) is 4.56. The Labute approximate surface area is 92.2 Å². The highest BCUT2D eigenvalue weighted by Crippen LogP contribution is 2.04. The summed E-state index contributed by atoms with van der Waals surface area (Å²) in [7, 11) is 1.96. The number of nitrogens with zero attached hydrogens (tertiary/aromatic N) is 2. The second-order valence-corrected chi connectivity index (χ2v) is 4.40. The topological polar surface area (TPSA) is 29.9 Å². The van der Waals surface area contributed by atoms with E-state index < -0.39 is 0 Å². The first-order valence-corrected chi connectivity index (χ1v) is 5.45. The molecule has 0 fully saturated rings. The number of aromatic nitrogens is 2. The zero-order valence-electron chi connectivity index (χ0n) is 10.1. The van der Waals surface area contributed by atoms with E-state index in [1.54, 1.807) is 0 Å². The Morgan fingerprint density at radius 3 is 2.87 bits per heavy atom. The highest BCUT2D eigenvalue weighted by molar-refractivity contribution is 5.48. The van der Waals surface area contributed by atoms with E-state index in [0.717, 1.165) is 18.8 Å². The van der Waals surface area contributed by atoms with Crippen molar-refractivity contribution in [1.29, 1.82) is 0 Å². The Morgan fingerprint density at radius 2 is 2.33 bits per heavy atom. The molecular weight excluding hydrogens is 186 g/mol. The van der Waals surface area contributed by atoms with E-state index in [-0.39, 0.29) is 0 Å². The molecule has 3 nitrogen and oxygen atoms in total. The van der Waals surface area contributed by atoms with Gasteiger partial charge in [-0.05, 0) is 31.5 Å². The smallest absolute Gasteiger partial charge is 0.0606 e. The van der Waals surface area contributed by atoms with Crippen LogP contribution < -0.4 is 5.32 Å². The van der Waals surface area contributed by atoms with Gasteiger partial charge in [-0.1, -0.05) is 19.4 Å². The van der Waals surface area contributed by atoms with Crippen LogP contribution in [0.2, 0.25) is 0 Å². The van der Waals surface area contributed by atoms with Gasteiger partial charge >= 0.3 is 0 Å². The quantitative estimate of drug-likeness (QED) is 0.801. The molecule has 0 atom stereocenters. The van der Waals surface area contributed by atoms with Crippen LogP contribution in [0, 0.1) is 5.92 Å². The van der Waals surface area contributed by atoms with E-state index in [1.165, 1.54) is 5.57 Å². The molecule has 0 aromatic carbocycles. The molecule has 0 bridgehead atoms. The van der Waals surface area contributed by atoms with Crippen LogP contribution in [-0.2, 0) is 7.05 Å². The van der Waals surface area contributed by atoms with Crippen molar-refractivity contribution in [2.75, 3.05) is 13.1 Å². The maximum absolute atomic E-state index is 4.13. The molecule has 1 aromatic rings. The lowest BCUT2D eigenvalue weighted by Gasteiger charge is -2.07. The van der Waals surface area contributed by atoms with Crippen molar-refractivity contribution in [3.05, 3.63) is 23.5 Å². The molecule has 0 saturated carbocycles. The third-order valence-electron chi connectivity index (χ3n) is 2.21. The van der Waals surface area contributed by atoms with Crippen molar-refractivity contribution in [2.45, 2.75) is 20.8 Å². The van der Waals surface area contributed by atoms with E-state index in [1.807, 2.05) is 24.0 Å². The first-order chi connectivity index (χ1) is 7.09. The van der Waals surface area contributed by atoms with E-state index in [2.05, 4.69) is 37.3 Å². The van der Waals surface area contributed by atoms with E-state index in [0.29, 0.717) is 5.92 Å². The average molecular weight is 207 g/mol. The molecule has 1 rings (SSSR count). The monoisotopic (exact) mass is 207 g/mol.